The second-order valence-corrected chi connectivity index (χ2v) is 5.98. The van der Waals surface area contributed by atoms with Crippen LogP contribution in [0.1, 0.15) is 19.8 Å². The first kappa shape index (κ1) is 17.1. The van der Waals surface area contributed by atoms with Gasteiger partial charge in [0, 0.05) is 38.6 Å². The van der Waals surface area contributed by atoms with Crippen LogP contribution >= 0.6 is 0 Å². The molecule has 2 aliphatic rings. The fourth-order valence-electron chi connectivity index (χ4n) is 3.03. The molecule has 0 radical (unpaired) electrons. The van der Waals surface area contributed by atoms with Gasteiger partial charge in [-0.05, 0) is 25.8 Å². The SMILES string of the molecule is CCN1CCN(C(=O)N2CCCC(Oc3ncccn3)C2)C(=O)C1=O. The number of urea groups is 1. The Morgan fingerprint density at radius 3 is 2.68 bits per heavy atom. The summed E-state index contributed by atoms with van der Waals surface area (Å²) in [6, 6.07) is 1.53. The fourth-order valence-corrected chi connectivity index (χ4v) is 3.03. The molecule has 0 saturated carbocycles. The molecule has 9 heteroatoms. The van der Waals surface area contributed by atoms with Gasteiger partial charge in [-0.1, -0.05) is 0 Å². The number of likely N-dealkylation sites (tertiary alicyclic amines) is 1. The number of piperidine rings is 1. The van der Waals surface area contributed by atoms with Crippen LogP contribution in [0.25, 0.3) is 0 Å². The first-order valence-corrected chi connectivity index (χ1v) is 8.43. The van der Waals surface area contributed by atoms with Crippen LogP contribution in [0.4, 0.5) is 4.79 Å². The van der Waals surface area contributed by atoms with E-state index in [0.717, 1.165) is 17.7 Å². The number of piperazine rings is 1. The summed E-state index contributed by atoms with van der Waals surface area (Å²) in [5.41, 5.74) is 0. The van der Waals surface area contributed by atoms with Crippen molar-refractivity contribution in [2.75, 3.05) is 32.7 Å². The maximum atomic E-state index is 12.7. The molecule has 1 atom stereocenters. The molecule has 9 nitrogen and oxygen atoms in total. The summed E-state index contributed by atoms with van der Waals surface area (Å²) < 4.78 is 5.71. The molecule has 3 rings (SSSR count). The van der Waals surface area contributed by atoms with Crippen LogP contribution in [0.15, 0.2) is 18.5 Å². The summed E-state index contributed by atoms with van der Waals surface area (Å²) >= 11 is 0. The average molecular weight is 347 g/mol. The lowest BCUT2D eigenvalue weighted by Crippen LogP contribution is -2.60. The molecule has 2 saturated heterocycles. The van der Waals surface area contributed by atoms with Crippen LogP contribution in [0.5, 0.6) is 6.01 Å². The van der Waals surface area contributed by atoms with E-state index in [9.17, 15) is 14.4 Å². The smallest absolute Gasteiger partial charge is 0.327 e. The Labute approximate surface area is 145 Å². The zero-order chi connectivity index (χ0) is 17.8. The number of carbonyl (C=O) groups excluding carboxylic acids is 3. The molecule has 2 aliphatic heterocycles. The lowest BCUT2D eigenvalue weighted by molar-refractivity contribution is -0.154. The molecule has 1 unspecified atom stereocenters. The number of nitrogens with zero attached hydrogens (tertiary/aromatic N) is 5. The number of ether oxygens (including phenoxy) is 1. The Morgan fingerprint density at radius 1 is 1.20 bits per heavy atom. The third-order valence-corrected chi connectivity index (χ3v) is 4.38. The van der Waals surface area contributed by atoms with Crippen molar-refractivity contribution in [3.63, 3.8) is 0 Å². The highest BCUT2D eigenvalue weighted by Crippen LogP contribution is 2.17. The lowest BCUT2D eigenvalue weighted by atomic mass is 10.1. The quantitative estimate of drug-likeness (QED) is 0.721. The van der Waals surface area contributed by atoms with Crippen LogP contribution in [0, 0.1) is 0 Å². The Kier molecular flexibility index (Phi) is 5.11. The van der Waals surface area contributed by atoms with Crippen molar-refractivity contribution < 1.29 is 19.1 Å². The molecular formula is C16H21N5O4. The number of carbonyl (C=O) groups is 3. The second-order valence-electron chi connectivity index (χ2n) is 5.98. The van der Waals surface area contributed by atoms with Gasteiger partial charge in [0.25, 0.3) is 0 Å². The minimum absolute atomic E-state index is 0.223. The van der Waals surface area contributed by atoms with Gasteiger partial charge in [0.1, 0.15) is 6.10 Å². The second kappa shape index (κ2) is 7.45. The number of aromatic nitrogens is 2. The first-order chi connectivity index (χ1) is 12.1. The standard InChI is InChI=1S/C16H21N5O4/c1-2-19-9-10-21(14(23)13(19)22)16(24)20-8-3-5-12(11-20)25-15-17-6-4-7-18-15/h4,6-7,12H,2-3,5,8-11H2,1H3. The zero-order valence-electron chi connectivity index (χ0n) is 14.1. The van der Waals surface area contributed by atoms with Crippen molar-refractivity contribution in [3.05, 3.63) is 18.5 Å². The largest absolute Gasteiger partial charge is 0.458 e. The van der Waals surface area contributed by atoms with Crippen molar-refractivity contribution in [2.45, 2.75) is 25.9 Å². The van der Waals surface area contributed by atoms with Gasteiger partial charge in [0.15, 0.2) is 0 Å². The molecule has 25 heavy (non-hydrogen) atoms. The average Bonchev–Trinajstić information content (AvgIpc) is 2.64. The van der Waals surface area contributed by atoms with E-state index in [1.165, 1.54) is 4.90 Å². The van der Waals surface area contributed by atoms with E-state index in [1.807, 2.05) is 0 Å². The van der Waals surface area contributed by atoms with Crippen LogP contribution in [0.2, 0.25) is 0 Å². The minimum Gasteiger partial charge on any atom is -0.458 e. The highest BCUT2D eigenvalue weighted by Gasteiger charge is 2.38. The third-order valence-electron chi connectivity index (χ3n) is 4.38. The van der Waals surface area contributed by atoms with E-state index in [-0.39, 0.29) is 18.7 Å². The molecule has 0 bridgehead atoms. The van der Waals surface area contributed by atoms with Gasteiger partial charge < -0.3 is 14.5 Å². The van der Waals surface area contributed by atoms with Crippen LogP contribution in [-0.4, -0.2) is 81.3 Å². The van der Waals surface area contributed by atoms with E-state index in [1.54, 1.807) is 30.3 Å². The normalized spacial score (nSPS) is 21.5. The number of likely N-dealkylation sites (N-methyl/N-ethyl adjacent to an activating group) is 1. The van der Waals surface area contributed by atoms with E-state index in [4.69, 9.17) is 4.74 Å². The summed E-state index contributed by atoms with van der Waals surface area (Å²) in [5, 5.41) is 0. The van der Waals surface area contributed by atoms with Crippen molar-refractivity contribution in [2.24, 2.45) is 0 Å². The first-order valence-electron chi connectivity index (χ1n) is 8.43. The minimum atomic E-state index is -0.757. The zero-order valence-corrected chi connectivity index (χ0v) is 14.1. The van der Waals surface area contributed by atoms with Crippen molar-refractivity contribution in [3.8, 4) is 6.01 Å². The highest BCUT2D eigenvalue weighted by atomic mass is 16.5. The van der Waals surface area contributed by atoms with Crippen LogP contribution < -0.4 is 4.74 Å². The molecule has 3 heterocycles. The molecule has 0 aliphatic carbocycles. The predicted molar refractivity (Wildman–Crippen MR) is 86.6 cm³/mol. The van der Waals surface area contributed by atoms with E-state index in [2.05, 4.69) is 9.97 Å². The summed E-state index contributed by atoms with van der Waals surface area (Å²) in [6.07, 6.45) is 4.47. The third kappa shape index (κ3) is 3.70. The topological polar surface area (TPSA) is 95.9 Å². The molecule has 1 aromatic rings. The van der Waals surface area contributed by atoms with Gasteiger partial charge in [-0.3, -0.25) is 14.5 Å². The maximum absolute atomic E-state index is 12.7. The summed E-state index contributed by atoms with van der Waals surface area (Å²) in [4.78, 5) is 48.9. The molecule has 134 valence electrons. The Balaban J connectivity index is 1.62. The van der Waals surface area contributed by atoms with E-state index >= 15 is 0 Å². The number of hydrogen-bond acceptors (Lipinski definition) is 6. The number of amides is 4. The molecule has 2 fully saturated rings. The molecule has 0 spiro atoms. The van der Waals surface area contributed by atoms with Gasteiger partial charge in [-0.25, -0.2) is 14.8 Å². The lowest BCUT2D eigenvalue weighted by Gasteiger charge is -2.38. The molecular weight excluding hydrogens is 326 g/mol. The molecule has 0 aromatic carbocycles. The van der Waals surface area contributed by atoms with Gasteiger partial charge in [0.05, 0.1) is 6.54 Å². The van der Waals surface area contributed by atoms with Crippen molar-refractivity contribution >= 4 is 17.8 Å². The number of imide groups is 1. The highest BCUT2D eigenvalue weighted by molar-refractivity contribution is 6.38. The van der Waals surface area contributed by atoms with Crippen LogP contribution in [0.3, 0.4) is 0 Å². The maximum Gasteiger partial charge on any atom is 0.327 e. The monoisotopic (exact) mass is 347 g/mol. The molecule has 1 aromatic heterocycles. The fraction of sp³-hybridized carbons (Fsp3) is 0.562. The molecule has 4 amide bonds. The summed E-state index contributed by atoms with van der Waals surface area (Å²) in [6.45, 7) is 3.74. The Hall–Kier alpha value is -2.71. The van der Waals surface area contributed by atoms with Gasteiger partial charge >= 0.3 is 23.9 Å². The Bertz CT molecular complexity index is 653. The van der Waals surface area contributed by atoms with E-state index < -0.39 is 17.8 Å². The van der Waals surface area contributed by atoms with Crippen molar-refractivity contribution in [1.82, 2.24) is 24.7 Å². The van der Waals surface area contributed by atoms with Crippen molar-refractivity contribution in [1.29, 1.82) is 0 Å². The van der Waals surface area contributed by atoms with Gasteiger partial charge in [-0.15, -0.1) is 0 Å². The number of hydrogen-bond donors (Lipinski definition) is 0. The number of rotatable bonds is 3. The van der Waals surface area contributed by atoms with E-state index in [0.29, 0.717) is 26.2 Å². The predicted octanol–water partition coefficient (Wildman–Crippen LogP) is 0.130. The molecule has 0 N–H and O–H groups in total. The van der Waals surface area contributed by atoms with Gasteiger partial charge in [-0.2, -0.15) is 0 Å². The summed E-state index contributed by atoms with van der Waals surface area (Å²) in [5.74, 6) is -1.38. The van der Waals surface area contributed by atoms with Crippen LogP contribution in [-0.2, 0) is 9.59 Å². The summed E-state index contributed by atoms with van der Waals surface area (Å²) in [7, 11) is 0. The Morgan fingerprint density at radius 2 is 1.96 bits per heavy atom. The van der Waals surface area contributed by atoms with Gasteiger partial charge in [0.2, 0.25) is 0 Å².